The second kappa shape index (κ2) is 12.6. The van der Waals surface area contributed by atoms with Crippen molar-refractivity contribution in [2.45, 2.75) is 88.5 Å². The van der Waals surface area contributed by atoms with Crippen molar-refractivity contribution in [2.24, 2.45) is 0 Å². The quantitative estimate of drug-likeness (QED) is 0.322. The minimum Gasteiger partial charge on any atom is -0.487 e. The van der Waals surface area contributed by atoms with E-state index in [0.717, 1.165) is 43.4 Å². The van der Waals surface area contributed by atoms with Gasteiger partial charge in [-0.05, 0) is 67.7 Å². The first kappa shape index (κ1) is 27.2. The van der Waals surface area contributed by atoms with E-state index in [1.807, 2.05) is 12.1 Å². The molecule has 1 heterocycles. The first-order valence-corrected chi connectivity index (χ1v) is 13.8. The van der Waals surface area contributed by atoms with Crippen molar-refractivity contribution in [3.8, 4) is 5.75 Å². The van der Waals surface area contributed by atoms with Gasteiger partial charge in [-0.2, -0.15) is 0 Å². The molecule has 2 aromatic rings. The minimum absolute atomic E-state index is 0.0661. The molecule has 2 aliphatic rings. The summed E-state index contributed by atoms with van der Waals surface area (Å²) in [6.45, 7) is 10.1. The summed E-state index contributed by atoms with van der Waals surface area (Å²) in [5.41, 5.74) is 4.63. The zero-order chi connectivity index (χ0) is 26.3. The third kappa shape index (κ3) is 6.91. The summed E-state index contributed by atoms with van der Waals surface area (Å²) in [6.07, 6.45) is 10.4. The predicted molar refractivity (Wildman–Crippen MR) is 150 cm³/mol. The van der Waals surface area contributed by atoms with Gasteiger partial charge in [0.1, 0.15) is 11.4 Å². The summed E-state index contributed by atoms with van der Waals surface area (Å²) in [5.74, 6) is 0.895. The van der Waals surface area contributed by atoms with Crippen LogP contribution in [-0.2, 0) is 24.1 Å². The number of nitrogens with one attached hydrogen (secondary N) is 2. The molecule has 0 bridgehead atoms. The molecule has 1 aliphatic heterocycles. The molecule has 0 aromatic heterocycles. The fourth-order valence-corrected chi connectivity index (χ4v) is 5.50. The van der Waals surface area contributed by atoms with E-state index in [1.54, 1.807) is 6.08 Å². The van der Waals surface area contributed by atoms with Crippen molar-refractivity contribution in [1.29, 1.82) is 0 Å². The van der Waals surface area contributed by atoms with Crippen LogP contribution in [0.2, 0.25) is 0 Å². The van der Waals surface area contributed by atoms with Crippen molar-refractivity contribution in [3.05, 3.63) is 90.0 Å². The van der Waals surface area contributed by atoms with Crippen molar-refractivity contribution in [3.63, 3.8) is 0 Å². The lowest BCUT2D eigenvalue weighted by Gasteiger charge is -2.48. The van der Waals surface area contributed by atoms with Crippen molar-refractivity contribution in [1.82, 2.24) is 10.6 Å². The van der Waals surface area contributed by atoms with Gasteiger partial charge < -0.3 is 20.5 Å². The Morgan fingerprint density at radius 2 is 1.97 bits per heavy atom. The first-order valence-electron chi connectivity index (χ1n) is 13.8. The molecule has 1 fully saturated rings. The van der Waals surface area contributed by atoms with Gasteiger partial charge in [0.15, 0.2) is 0 Å². The maximum atomic E-state index is 12.6. The Labute approximate surface area is 222 Å². The fourth-order valence-electron chi connectivity index (χ4n) is 5.50. The Morgan fingerprint density at radius 3 is 2.68 bits per heavy atom. The van der Waals surface area contributed by atoms with Crippen LogP contribution in [0.3, 0.4) is 0 Å². The van der Waals surface area contributed by atoms with Crippen LogP contribution >= 0.6 is 0 Å². The van der Waals surface area contributed by atoms with Gasteiger partial charge in [0.25, 0.3) is 0 Å². The second-order valence-corrected chi connectivity index (χ2v) is 10.6. The van der Waals surface area contributed by atoms with E-state index in [9.17, 15) is 9.90 Å². The topological polar surface area (TPSA) is 70.6 Å². The van der Waals surface area contributed by atoms with Crippen LogP contribution in [0.15, 0.2) is 67.8 Å². The minimum atomic E-state index is -0.742. The van der Waals surface area contributed by atoms with Gasteiger partial charge in [0, 0.05) is 31.0 Å². The number of aryl methyl sites for hydroxylation is 1. The molecule has 3 N–H and O–H groups in total. The zero-order valence-electron chi connectivity index (χ0n) is 22.2. The molecular formula is C32H42N2O3. The number of aliphatic hydroxyl groups is 1. The fraction of sp³-hybridized carbons (Fsp3) is 0.469. The van der Waals surface area contributed by atoms with Crippen molar-refractivity contribution >= 4 is 5.91 Å². The van der Waals surface area contributed by atoms with Crippen molar-refractivity contribution in [2.75, 3.05) is 6.54 Å². The van der Waals surface area contributed by atoms with Gasteiger partial charge in [-0.25, -0.2) is 0 Å². The molecule has 1 aliphatic carbocycles. The van der Waals surface area contributed by atoms with E-state index in [4.69, 9.17) is 4.74 Å². The highest BCUT2D eigenvalue weighted by Gasteiger charge is 2.45. The van der Waals surface area contributed by atoms with Crippen LogP contribution in [0.25, 0.3) is 0 Å². The monoisotopic (exact) mass is 502 g/mol. The molecule has 198 valence electrons. The normalized spacial score (nSPS) is 19.1. The number of rotatable bonds is 13. The molecule has 1 saturated carbocycles. The third-order valence-electron chi connectivity index (χ3n) is 7.81. The second-order valence-electron chi connectivity index (χ2n) is 10.6. The average Bonchev–Trinajstić information content (AvgIpc) is 2.89. The number of carbonyl (C=O) groups excluding carboxylic acids is 1. The molecule has 5 nitrogen and oxygen atoms in total. The standard InChI is InChI=1S/C32H42N2O3/c1-4-7-13-31(36)34-27(20-25-12-8-11-24(18-25)10-5-2)29(35)22-33-28-21-32(16-9-17-32)37-30-15-14-23(6-3)19-26(28)30/h4-5,8,11-12,14-15,18-19,27-29,33,35H,1-2,6-7,9-10,13,16-17,20-22H2,3H3,(H,34,36)/t27-,28-,29+/m0/s1. The number of hydrogen-bond donors (Lipinski definition) is 3. The molecule has 0 saturated heterocycles. The number of fused-ring (bicyclic) bond motifs is 1. The van der Waals surface area contributed by atoms with Gasteiger partial charge in [-0.3, -0.25) is 4.79 Å². The van der Waals surface area contributed by atoms with E-state index < -0.39 is 12.1 Å². The summed E-state index contributed by atoms with van der Waals surface area (Å²) in [5, 5.41) is 18.1. The summed E-state index contributed by atoms with van der Waals surface area (Å²) < 4.78 is 6.47. The number of aliphatic hydroxyl groups excluding tert-OH is 1. The van der Waals surface area contributed by atoms with Gasteiger partial charge in [0.2, 0.25) is 5.91 Å². The Hall–Kier alpha value is -2.89. The van der Waals surface area contributed by atoms with Crippen LogP contribution in [0.1, 0.15) is 73.7 Å². The molecule has 5 heteroatoms. The maximum absolute atomic E-state index is 12.6. The van der Waals surface area contributed by atoms with Crippen molar-refractivity contribution < 1.29 is 14.6 Å². The summed E-state index contributed by atoms with van der Waals surface area (Å²) >= 11 is 0. The first-order chi connectivity index (χ1) is 17.9. The number of amides is 1. The van der Waals surface area contributed by atoms with E-state index in [0.29, 0.717) is 25.8 Å². The highest BCUT2D eigenvalue weighted by Crippen LogP contribution is 2.49. The number of benzene rings is 2. The van der Waals surface area contributed by atoms with E-state index >= 15 is 0 Å². The summed E-state index contributed by atoms with van der Waals surface area (Å²) in [7, 11) is 0. The van der Waals surface area contributed by atoms with Gasteiger partial charge in [0.05, 0.1) is 12.1 Å². The third-order valence-corrected chi connectivity index (χ3v) is 7.81. The Morgan fingerprint density at radius 1 is 1.16 bits per heavy atom. The Balaban J connectivity index is 1.49. The number of allylic oxidation sites excluding steroid dienone is 2. The molecule has 3 atom stereocenters. The summed E-state index contributed by atoms with van der Waals surface area (Å²) in [6, 6.07) is 14.5. The van der Waals surface area contributed by atoms with E-state index in [1.165, 1.54) is 23.1 Å². The largest absolute Gasteiger partial charge is 0.487 e. The average molecular weight is 503 g/mol. The molecule has 4 rings (SSSR count). The zero-order valence-corrected chi connectivity index (χ0v) is 22.2. The molecule has 1 spiro atoms. The van der Waals surface area contributed by atoms with Gasteiger partial charge >= 0.3 is 0 Å². The predicted octanol–water partition coefficient (Wildman–Crippen LogP) is 5.37. The number of hydrogen-bond acceptors (Lipinski definition) is 4. The van der Waals surface area contributed by atoms with Crippen LogP contribution in [0, 0.1) is 0 Å². The maximum Gasteiger partial charge on any atom is 0.220 e. The SMILES string of the molecule is C=CCCC(=O)N[C@@H](Cc1cccc(CC=C)c1)[C@H](O)CN[C@H]1CC2(CCC2)Oc2ccc(CC)cc21. The highest BCUT2D eigenvalue weighted by molar-refractivity contribution is 5.76. The van der Waals surface area contributed by atoms with Crippen LogP contribution < -0.4 is 15.4 Å². The molecule has 0 unspecified atom stereocenters. The smallest absolute Gasteiger partial charge is 0.220 e. The van der Waals surface area contributed by atoms with Gasteiger partial charge in [-0.1, -0.05) is 55.5 Å². The summed E-state index contributed by atoms with van der Waals surface area (Å²) in [4.78, 5) is 12.6. The Kier molecular flexibility index (Phi) is 9.23. The molecule has 2 aromatic carbocycles. The molecule has 37 heavy (non-hydrogen) atoms. The van der Waals surface area contributed by atoms with Crippen LogP contribution in [0.4, 0.5) is 0 Å². The van der Waals surface area contributed by atoms with E-state index in [2.05, 4.69) is 67.1 Å². The Bertz CT molecular complexity index is 1090. The lowest BCUT2D eigenvalue weighted by molar-refractivity contribution is -0.122. The molecule has 1 amide bonds. The number of carbonyl (C=O) groups is 1. The van der Waals surface area contributed by atoms with Crippen LogP contribution in [-0.4, -0.2) is 35.3 Å². The van der Waals surface area contributed by atoms with Crippen LogP contribution in [0.5, 0.6) is 5.75 Å². The van der Waals surface area contributed by atoms with E-state index in [-0.39, 0.29) is 17.6 Å². The highest BCUT2D eigenvalue weighted by atomic mass is 16.5. The lowest BCUT2D eigenvalue weighted by atomic mass is 9.72. The number of ether oxygens (including phenoxy) is 1. The molecule has 0 radical (unpaired) electrons. The lowest BCUT2D eigenvalue weighted by Crippen LogP contribution is -2.52. The molecular weight excluding hydrogens is 460 g/mol. The van der Waals surface area contributed by atoms with Gasteiger partial charge in [-0.15, -0.1) is 13.2 Å².